The Bertz CT molecular complexity index is 767. The van der Waals surface area contributed by atoms with Crippen molar-refractivity contribution in [1.82, 2.24) is 14.4 Å². The zero-order valence-corrected chi connectivity index (χ0v) is 14.2. The quantitative estimate of drug-likeness (QED) is 0.909. The highest BCUT2D eigenvalue weighted by Gasteiger charge is 2.32. The van der Waals surface area contributed by atoms with Gasteiger partial charge in [-0.3, -0.25) is 9.59 Å². The van der Waals surface area contributed by atoms with E-state index >= 15 is 0 Å². The highest BCUT2D eigenvalue weighted by atomic mass is 16.2. The third-order valence-electron chi connectivity index (χ3n) is 4.80. The van der Waals surface area contributed by atoms with Gasteiger partial charge in [-0.25, -0.2) is 0 Å². The summed E-state index contributed by atoms with van der Waals surface area (Å²) < 4.78 is 2.16. The lowest BCUT2D eigenvalue weighted by Gasteiger charge is -2.38. The summed E-state index contributed by atoms with van der Waals surface area (Å²) in [5, 5.41) is 1.18. The van der Waals surface area contributed by atoms with Crippen LogP contribution >= 0.6 is 0 Å². The molecule has 3 rings (SSSR count). The van der Waals surface area contributed by atoms with Crippen molar-refractivity contribution in [3.8, 4) is 0 Å². The van der Waals surface area contributed by atoms with Crippen LogP contribution in [0.5, 0.6) is 0 Å². The number of rotatable bonds is 4. The molecule has 0 saturated carbocycles. The molecule has 1 saturated heterocycles. The maximum atomic E-state index is 12.6. The van der Waals surface area contributed by atoms with E-state index in [1.54, 1.807) is 4.90 Å². The van der Waals surface area contributed by atoms with Gasteiger partial charge >= 0.3 is 0 Å². The van der Waals surface area contributed by atoms with E-state index in [-0.39, 0.29) is 5.91 Å². The van der Waals surface area contributed by atoms with E-state index in [9.17, 15) is 9.59 Å². The molecular weight excluding hydrogens is 304 g/mol. The monoisotopic (exact) mass is 328 g/mol. The Kier molecular flexibility index (Phi) is 4.57. The van der Waals surface area contributed by atoms with Gasteiger partial charge in [0.05, 0.1) is 0 Å². The Morgan fingerprint density at radius 1 is 1.25 bits per heavy atom. The maximum Gasteiger partial charge on any atom is 0.241 e. The van der Waals surface area contributed by atoms with Gasteiger partial charge in [0.2, 0.25) is 11.8 Å². The number of para-hydroxylation sites is 1. The Morgan fingerprint density at radius 3 is 2.75 bits per heavy atom. The smallest absolute Gasteiger partial charge is 0.241 e. The van der Waals surface area contributed by atoms with Crippen LogP contribution in [-0.4, -0.2) is 58.9 Å². The molecule has 1 atom stereocenters. The van der Waals surface area contributed by atoms with E-state index in [1.165, 1.54) is 5.39 Å². The van der Waals surface area contributed by atoms with E-state index in [0.29, 0.717) is 26.1 Å². The average molecular weight is 328 g/mol. The van der Waals surface area contributed by atoms with Crippen LogP contribution < -0.4 is 5.73 Å². The number of piperazine rings is 1. The molecule has 0 bridgehead atoms. The zero-order valence-electron chi connectivity index (χ0n) is 14.2. The lowest BCUT2D eigenvalue weighted by atomic mass is 10.1. The standard InChI is InChI=1S/C18H24N4O2/c1-13-11-14-5-3-4-6-15(14)21(13)8-7-17(23)22-10-9-20(2)12-16(22)18(19)24/h3-6,11,16H,7-10,12H2,1-2H3,(H2,19,24). The van der Waals surface area contributed by atoms with E-state index in [2.05, 4.69) is 22.8 Å². The Hall–Kier alpha value is -2.34. The van der Waals surface area contributed by atoms with Gasteiger partial charge in [0.25, 0.3) is 0 Å². The fourth-order valence-corrected chi connectivity index (χ4v) is 3.46. The number of amides is 2. The fourth-order valence-electron chi connectivity index (χ4n) is 3.46. The summed E-state index contributed by atoms with van der Waals surface area (Å²) >= 11 is 0. The van der Waals surface area contributed by atoms with Gasteiger partial charge in [0.1, 0.15) is 6.04 Å². The topological polar surface area (TPSA) is 71.6 Å². The normalized spacial score (nSPS) is 18.9. The molecule has 2 aromatic rings. The number of nitrogens with two attached hydrogens (primary N) is 1. The summed E-state index contributed by atoms with van der Waals surface area (Å²) in [4.78, 5) is 28.0. The Labute approximate surface area is 141 Å². The number of likely N-dealkylation sites (N-methyl/N-ethyl adjacent to an activating group) is 1. The lowest BCUT2D eigenvalue weighted by Crippen LogP contribution is -2.59. The number of hydrogen-bond donors (Lipinski definition) is 1. The van der Waals surface area contributed by atoms with Crippen LogP contribution in [0.4, 0.5) is 0 Å². The number of benzene rings is 1. The van der Waals surface area contributed by atoms with Crippen LogP contribution in [0.2, 0.25) is 0 Å². The molecular formula is C18H24N4O2. The number of carbonyl (C=O) groups excluding carboxylic acids is 2. The van der Waals surface area contributed by atoms with Gasteiger partial charge < -0.3 is 20.1 Å². The first-order valence-electron chi connectivity index (χ1n) is 8.29. The second-order valence-electron chi connectivity index (χ2n) is 6.51. The van der Waals surface area contributed by atoms with Gasteiger partial charge in [-0.2, -0.15) is 0 Å². The molecule has 0 spiro atoms. The summed E-state index contributed by atoms with van der Waals surface area (Å²) in [6.45, 7) is 4.48. The van der Waals surface area contributed by atoms with Crippen molar-refractivity contribution in [2.75, 3.05) is 26.7 Å². The van der Waals surface area contributed by atoms with Gasteiger partial charge in [-0.1, -0.05) is 18.2 Å². The van der Waals surface area contributed by atoms with Crippen LogP contribution in [-0.2, 0) is 16.1 Å². The first-order valence-corrected chi connectivity index (χ1v) is 8.29. The van der Waals surface area contributed by atoms with Crippen LogP contribution in [0.1, 0.15) is 12.1 Å². The average Bonchev–Trinajstić information content (AvgIpc) is 2.87. The summed E-state index contributed by atoms with van der Waals surface area (Å²) in [5.74, 6) is -0.443. The van der Waals surface area contributed by atoms with E-state index < -0.39 is 11.9 Å². The van der Waals surface area contributed by atoms with Crippen molar-refractivity contribution in [2.45, 2.75) is 25.9 Å². The molecule has 1 aromatic carbocycles. The molecule has 6 nitrogen and oxygen atoms in total. The number of carbonyl (C=O) groups is 2. The summed E-state index contributed by atoms with van der Waals surface area (Å²) in [5.41, 5.74) is 7.75. The summed E-state index contributed by atoms with van der Waals surface area (Å²) in [7, 11) is 1.94. The number of aromatic nitrogens is 1. The number of nitrogens with zero attached hydrogens (tertiary/aromatic N) is 3. The van der Waals surface area contributed by atoms with Crippen molar-refractivity contribution in [2.24, 2.45) is 5.73 Å². The molecule has 6 heteroatoms. The predicted octanol–water partition coefficient (Wildman–Crippen LogP) is 0.968. The van der Waals surface area contributed by atoms with Crippen LogP contribution in [0.15, 0.2) is 30.3 Å². The van der Waals surface area contributed by atoms with E-state index in [0.717, 1.165) is 17.8 Å². The van der Waals surface area contributed by atoms with Gasteiger partial charge in [0.15, 0.2) is 0 Å². The summed E-state index contributed by atoms with van der Waals surface area (Å²) in [6.07, 6.45) is 0.368. The third-order valence-corrected chi connectivity index (χ3v) is 4.80. The van der Waals surface area contributed by atoms with Crippen molar-refractivity contribution >= 4 is 22.7 Å². The second-order valence-corrected chi connectivity index (χ2v) is 6.51. The highest BCUT2D eigenvalue weighted by molar-refractivity contribution is 5.87. The van der Waals surface area contributed by atoms with Crippen molar-refractivity contribution in [3.63, 3.8) is 0 Å². The minimum absolute atomic E-state index is 0.0101. The SMILES string of the molecule is Cc1cc2ccccc2n1CCC(=O)N1CCN(C)CC1C(N)=O. The van der Waals surface area contributed by atoms with Gasteiger partial charge in [-0.05, 0) is 31.5 Å². The lowest BCUT2D eigenvalue weighted by molar-refractivity contribution is -0.142. The molecule has 24 heavy (non-hydrogen) atoms. The molecule has 128 valence electrons. The van der Waals surface area contributed by atoms with E-state index in [4.69, 9.17) is 5.73 Å². The van der Waals surface area contributed by atoms with Crippen LogP contribution in [0, 0.1) is 6.92 Å². The Balaban J connectivity index is 1.72. The van der Waals surface area contributed by atoms with Crippen LogP contribution in [0.25, 0.3) is 10.9 Å². The van der Waals surface area contributed by atoms with E-state index in [1.807, 2.05) is 31.0 Å². The van der Waals surface area contributed by atoms with Gasteiger partial charge in [-0.15, -0.1) is 0 Å². The molecule has 1 aliphatic rings. The first kappa shape index (κ1) is 16.5. The minimum Gasteiger partial charge on any atom is -0.368 e. The third kappa shape index (κ3) is 3.14. The Morgan fingerprint density at radius 2 is 2.00 bits per heavy atom. The number of fused-ring (bicyclic) bond motifs is 1. The van der Waals surface area contributed by atoms with Crippen molar-refractivity contribution in [3.05, 3.63) is 36.0 Å². The molecule has 1 unspecified atom stereocenters. The fraction of sp³-hybridized carbons (Fsp3) is 0.444. The number of aryl methyl sites for hydroxylation is 2. The number of primary amides is 1. The molecule has 0 radical (unpaired) electrons. The molecule has 1 aliphatic heterocycles. The van der Waals surface area contributed by atoms with Crippen LogP contribution in [0.3, 0.4) is 0 Å². The molecule has 1 aromatic heterocycles. The minimum atomic E-state index is -0.529. The molecule has 2 amide bonds. The second kappa shape index (κ2) is 6.65. The highest BCUT2D eigenvalue weighted by Crippen LogP contribution is 2.20. The molecule has 0 aliphatic carbocycles. The molecule has 2 heterocycles. The first-order chi connectivity index (χ1) is 11.5. The predicted molar refractivity (Wildman–Crippen MR) is 93.5 cm³/mol. The molecule has 1 fully saturated rings. The largest absolute Gasteiger partial charge is 0.368 e. The van der Waals surface area contributed by atoms with Crippen molar-refractivity contribution < 1.29 is 9.59 Å². The zero-order chi connectivity index (χ0) is 17.3. The maximum absolute atomic E-state index is 12.6. The van der Waals surface area contributed by atoms with Gasteiger partial charge in [0, 0.05) is 43.8 Å². The molecule has 2 N–H and O–H groups in total. The summed E-state index contributed by atoms with van der Waals surface area (Å²) in [6, 6.07) is 9.75. The van der Waals surface area contributed by atoms with Crippen molar-refractivity contribution in [1.29, 1.82) is 0 Å². The number of hydrogen-bond acceptors (Lipinski definition) is 3.